The lowest BCUT2D eigenvalue weighted by Gasteiger charge is -2.32. The largest absolute Gasteiger partial charge is 0.489 e. The van der Waals surface area contributed by atoms with Gasteiger partial charge in [-0.25, -0.2) is 4.98 Å². The lowest BCUT2D eigenvalue weighted by atomic mass is 9.90. The van der Waals surface area contributed by atoms with Gasteiger partial charge in [-0.05, 0) is 68.0 Å². The van der Waals surface area contributed by atoms with E-state index in [1.807, 2.05) is 12.1 Å². The van der Waals surface area contributed by atoms with Crippen molar-refractivity contribution in [3.8, 4) is 11.6 Å². The zero-order valence-corrected chi connectivity index (χ0v) is 19.4. The fourth-order valence-corrected chi connectivity index (χ4v) is 4.57. The highest BCUT2D eigenvalue weighted by Crippen LogP contribution is 2.28. The van der Waals surface area contributed by atoms with Crippen LogP contribution in [-0.2, 0) is 19.6 Å². The molecule has 4 rings (SSSR count). The van der Waals surface area contributed by atoms with Gasteiger partial charge in [0.05, 0.1) is 12.1 Å². The van der Waals surface area contributed by atoms with Crippen LogP contribution >= 0.6 is 11.6 Å². The maximum absolute atomic E-state index is 6.14. The van der Waals surface area contributed by atoms with E-state index >= 15 is 0 Å². The molecule has 4 nitrogen and oxygen atoms in total. The van der Waals surface area contributed by atoms with Gasteiger partial charge >= 0.3 is 0 Å². The van der Waals surface area contributed by atoms with Crippen molar-refractivity contribution >= 4 is 11.6 Å². The Bertz CT molecular complexity index is 988. The zero-order chi connectivity index (χ0) is 22.2. The molecule has 168 valence electrons. The summed E-state index contributed by atoms with van der Waals surface area (Å²) in [6.45, 7) is 3.62. The zero-order valence-electron chi connectivity index (χ0n) is 18.7. The van der Waals surface area contributed by atoms with Gasteiger partial charge < -0.3 is 9.47 Å². The van der Waals surface area contributed by atoms with Gasteiger partial charge in [-0.1, -0.05) is 60.1 Å². The molecule has 1 aromatic heterocycles. The third-order valence-corrected chi connectivity index (χ3v) is 6.42. The molecule has 0 bridgehead atoms. The summed E-state index contributed by atoms with van der Waals surface area (Å²) in [7, 11) is 1.66. The van der Waals surface area contributed by atoms with E-state index in [4.69, 9.17) is 21.1 Å². The molecule has 2 heterocycles. The average Bonchev–Trinajstić information content (AvgIpc) is 2.84. The summed E-state index contributed by atoms with van der Waals surface area (Å²) in [6, 6.07) is 20.8. The number of halogens is 1. The molecule has 1 aliphatic heterocycles. The van der Waals surface area contributed by atoms with Gasteiger partial charge in [-0.3, -0.25) is 4.90 Å². The highest BCUT2D eigenvalue weighted by molar-refractivity contribution is 6.30. The van der Waals surface area contributed by atoms with E-state index in [0.29, 0.717) is 17.5 Å². The third kappa shape index (κ3) is 6.24. The second-order valence-corrected chi connectivity index (χ2v) is 8.90. The van der Waals surface area contributed by atoms with Crippen LogP contribution in [0.1, 0.15) is 36.0 Å². The molecular formula is C27H31ClN2O2. The molecular weight excluding hydrogens is 420 g/mol. The van der Waals surface area contributed by atoms with Gasteiger partial charge in [0.1, 0.15) is 12.4 Å². The number of aryl methyl sites for hydroxylation is 1. The average molecular weight is 451 g/mol. The monoisotopic (exact) mass is 450 g/mol. The Kier molecular flexibility index (Phi) is 8.02. The first-order valence-corrected chi connectivity index (χ1v) is 11.7. The molecule has 1 aliphatic rings. The van der Waals surface area contributed by atoms with Crippen molar-refractivity contribution in [3.63, 3.8) is 0 Å². The van der Waals surface area contributed by atoms with Crippen LogP contribution in [0.25, 0.3) is 0 Å². The van der Waals surface area contributed by atoms with Crippen LogP contribution in [0.15, 0.2) is 66.9 Å². The standard InChI is InChI=1S/C27H31ClN2O2/c1-31-27-24(17-25(28)18-29-27)19-30-15-13-21(14-16-30)11-12-23-9-5-6-10-26(23)32-20-22-7-3-2-4-8-22/h2-10,17-18,21H,11-16,19-20H2,1H3. The summed E-state index contributed by atoms with van der Waals surface area (Å²) in [5, 5.41) is 0.656. The van der Waals surface area contributed by atoms with Crippen LogP contribution in [0.2, 0.25) is 5.02 Å². The van der Waals surface area contributed by atoms with Crippen LogP contribution in [0.5, 0.6) is 11.6 Å². The number of hydrogen-bond acceptors (Lipinski definition) is 4. The van der Waals surface area contributed by atoms with Gasteiger partial charge in [0.2, 0.25) is 5.88 Å². The van der Waals surface area contributed by atoms with Crippen LogP contribution in [-0.4, -0.2) is 30.1 Å². The second-order valence-electron chi connectivity index (χ2n) is 8.46. The lowest BCUT2D eigenvalue weighted by Crippen LogP contribution is -2.33. The Balaban J connectivity index is 1.26. The first kappa shape index (κ1) is 22.6. The maximum Gasteiger partial charge on any atom is 0.217 e. The molecule has 0 amide bonds. The van der Waals surface area contributed by atoms with E-state index in [1.54, 1.807) is 13.3 Å². The predicted molar refractivity (Wildman–Crippen MR) is 129 cm³/mol. The second kappa shape index (κ2) is 11.3. The van der Waals surface area contributed by atoms with E-state index in [-0.39, 0.29) is 0 Å². The Labute approximate surface area is 196 Å². The Morgan fingerprint density at radius 2 is 1.75 bits per heavy atom. The van der Waals surface area contributed by atoms with E-state index in [1.165, 1.54) is 30.4 Å². The van der Waals surface area contributed by atoms with Crippen molar-refractivity contribution in [3.05, 3.63) is 88.6 Å². The van der Waals surface area contributed by atoms with Gasteiger partial charge in [0.15, 0.2) is 0 Å². The number of nitrogens with zero attached hydrogens (tertiary/aromatic N) is 2. The summed E-state index contributed by atoms with van der Waals surface area (Å²) in [4.78, 5) is 6.77. The van der Waals surface area contributed by atoms with Gasteiger partial charge in [0, 0.05) is 18.3 Å². The number of pyridine rings is 1. The first-order chi connectivity index (χ1) is 15.7. The molecule has 3 aromatic rings. The summed E-state index contributed by atoms with van der Waals surface area (Å²) in [5.41, 5.74) is 3.56. The van der Waals surface area contributed by atoms with Crippen LogP contribution in [0, 0.1) is 5.92 Å². The normalized spacial score (nSPS) is 14.9. The molecule has 0 saturated carbocycles. The summed E-state index contributed by atoms with van der Waals surface area (Å²) in [5.74, 6) is 2.42. The van der Waals surface area contributed by atoms with Crippen molar-refractivity contribution in [2.24, 2.45) is 5.92 Å². The number of rotatable bonds is 9. The van der Waals surface area contributed by atoms with Crippen molar-refractivity contribution in [2.45, 2.75) is 38.8 Å². The fourth-order valence-electron chi connectivity index (χ4n) is 4.39. The summed E-state index contributed by atoms with van der Waals surface area (Å²) in [6.07, 6.45) is 6.31. The number of methoxy groups -OCH3 is 1. The quantitative estimate of drug-likeness (QED) is 0.390. The summed E-state index contributed by atoms with van der Waals surface area (Å²) < 4.78 is 11.5. The highest BCUT2D eigenvalue weighted by Gasteiger charge is 2.21. The minimum absolute atomic E-state index is 0.609. The molecule has 0 aliphatic carbocycles. The number of likely N-dealkylation sites (tertiary alicyclic amines) is 1. The Morgan fingerprint density at radius 3 is 2.53 bits per heavy atom. The van der Waals surface area contributed by atoms with Crippen molar-refractivity contribution in [1.29, 1.82) is 0 Å². The Morgan fingerprint density at radius 1 is 1.00 bits per heavy atom. The molecule has 1 fully saturated rings. The molecule has 0 spiro atoms. The minimum atomic E-state index is 0.609. The van der Waals surface area contributed by atoms with Crippen LogP contribution in [0.3, 0.4) is 0 Å². The van der Waals surface area contributed by atoms with Crippen molar-refractivity contribution in [1.82, 2.24) is 9.88 Å². The van der Waals surface area contributed by atoms with Crippen LogP contribution in [0.4, 0.5) is 0 Å². The third-order valence-electron chi connectivity index (χ3n) is 6.22. The molecule has 0 atom stereocenters. The minimum Gasteiger partial charge on any atom is -0.489 e. The Hall–Kier alpha value is -2.56. The van der Waals surface area contributed by atoms with E-state index in [9.17, 15) is 0 Å². The molecule has 0 radical (unpaired) electrons. The first-order valence-electron chi connectivity index (χ1n) is 11.4. The molecule has 1 saturated heterocycles. The number of piperidine rings is 1. The molecule has 0 unspecified atom stereocenters. The summed E-state index contributed by atoms with van der Waals surface area (Å²) >= 11 is 6.14. The fraction of sp³-hybridized carbons (Fsp3) is 0.370. The van der Waals surface area contributed by atoms with E-state index < -0.39 is 0 Å². The molecule has 0 N–H and O–H groups in total. The molecule has 32 heavy (non-hydrogen) atoms. The SMILES string of the molecule is COc1ncc(Cl)cc1CN1CCC(CCc2ccccc2OCc2ccccc2)CC1. The molecule has 2 aromatic carbocycles. The predicted octanol–water partition coefficient (Wildman–Crippen LogP) is 6.17. The lowest BCUT2D eigenvalue weighted by molar-refractivity contribution is 0.170. The highest BCUT2D eigenvalue weighted by atomic mass is 35.5. The number of hydrogen-bond donors (Lipinski definition) is 0. The topological polar surface area (TPSA) is 34.6 Å². The van der Waals surface area contributed by atoms with Gasteiger partial charge in [-0.15, -0.1) is 0 Å². The van der Waals surface area contributed by atoms with E-state index in [2.05, 4.69) is 58.4 Å². The van der Waals surface area contributed by atoms with E-state index in [0.717, 1.165) is 43.3 Å². The number of ether oxygens (including phenoxy) is 2. The maximum atomic E-state index is 6.14. The number of aromatic nitrogens is 1. The van der Waals surface area contributed by atoms with Crippen molar-refractivity contribution < 1.29 is 9.47 Å². The number of para-hydroxylation sites is 1. The number of benzene rings is 2. The van der Waals surface area contributed by atoms with Gasteiger partial charge in [0.25, 0.3) is 0 Å². The van der Waals surface area contributed by atoms with Crippen LogP contribution < -0.4 is 9.47 Å². The smallest absolute Gasteiger partial charge is 0.217 e. The van der Waals surface area contributed by atoms with Crippen molar-refractivity contribution in [2.75, 3.05) is 20.2 Å². The molecule has 5 heteroatoms. The van der Waals surface area contributed by atoms with Gasteiger partial charge in [-0.2, -0.15) is 0 Å².